The summed E-state index contributed by atoms with van der Waals surface area (Å²) < 4.78 is 17.1. The molecule has 9 nitrogen and oxygen atoms in total. The summed E-state index contributed by atoms with van der Waals surface area (Å²) in [5, 5.41) is 16.3. The smallest absolute Gasteiger partial charge is 0.462 e. The van der Waals surface area contributed by atoms with Gasteiger partial charge in [0.2, 0.25) is 5.95 Å². The third-order valence-electron chi connectivity index (χ3n) is 6.31. The van der Waals surface area contributed by atoms with E-state index >= 15 is 0 Å². The van der Waals surface area contributed by atoms with Crippen molar-refractivity contribution in [2.75, 3.05) is 30.5 Å². The fourth-order valence-electron chi connectivity index (χ4n) is 4.39. The summed E-state index contributed by atoms with van der Waals surface area (Å²) in [6.07, 6.45) is 5.35. The molecule has 1 saturated heterocycles. The van der Waals surface area contributed by atoms with Crippen molar-refractivity contribution in [3.8, 4) is 6.07 Å². The lowest BCUT2D eigenvalue weighted by molar-refractivity contribution is 0.0338. The molecule has 2 fully saturated rings. The fraction of sp³-hybridized carbons (Fsp3) is 0.520. The first kappa shape index (κ1) is 26.2. The molecule has 36 heavy (non-hydrogen) atoms. The van der Waals surface area contributed by atoms with Crippen molar-refractivity contribution in [1.29, 1.82) is 5.26 Å². The first-order valence-corrected chi connectivity index (χ1v) is 12.7. The molecule has 0 unspecified atom stereocenters. The predicted octanol–water partition coefficient (Wildman–Crippen LogP) is 4.31. The molecule has 0 bridgehead atoms. The number of esters is 1. The van der Waals surface area contributed by atoms with Crippen molar-refractivity contribution in [1.82, 2.24) is 9.97 Å². The Morgan fingerprint density at radius 2 is 2.06 bits per heavy atom. The van der Waals surface area contributed by atoms with Crippen molar-refractivity contribution in [2.45, 2.75) is 52.5 Å². The molecular weight excluding hydrogens is 481 g/mol. The van der Waals surface area contributed by atoms with Crippen molar-refractivity contribution in [3.63, 3.8) is 0 Å². The van der Waals surface area contributed by atoms with Gasteiger partial charge in [-0.25, -0.2) is 9.78 Å². The second kappa shape index (κ2) is 11.5. The highest BCUT2D eigenvalue weighted by Gasteiger charge is 2.36. The van der Waals surface area contributed by atoms with Crippen molar-refractivity contribution < 1.29 is 18.8 Å². The van der Waals surface area contributed by atoms with Crippen LogP contribution in [0.4, 0.5) is 17.5 Å². The van der Waals surface area contributed by atoms with Gasteiger partial charge in [-0.1, -0.05) is 44.4 Å². The van der Waals surface area contributed by atoms with Gasteiger partial charge in [-0.2, -0.15) is 10.2 Å². The number of carbonyl (C=O) groups excluding carboxylic acids is 1. The minimum absolute atomic E-state index is 0.0147. The number of rotatable bonds is 7. The van der Waals surface area contributed by atoms with E-state index in [1.165, 1.54) is 6.20 Å². The lowest BCUT2D eigenvalue weighted by atomic mass is 9.73. The van der Waals surface area contributed by atoms with Crippen LogP contribution in [0.5, 0.6) is 0 Å². The van der Waals surface area contributed by atoms with E-state index in [-0.39, 0.29) is 24.0 Å². The van der Waals surface area contributed by atoms with Gasteiger partial charge in [-0.15, -0.1) is 0 Å². The van der Waals surface area contributed by atoms with Gasteiger partial charge >= 0.3 is 13.1 Å². The Morgan fingerprint density at radius 1 is 1.31 bits per heavy atom. The summed E-state index contributed by atoms with van der Waals surface area (Å²) in [7, 11) is -0.655. The molecule has 1 saturated carbocycles. The number of nitrogens with zero attached hydrogens (tertiary/aromatic N) is 3. The highest BCUT2D eigenvalue weighted by molar-refractivity contribution is 6.63. The maximum atomic E-state index is 12.8. The second-order valence-corrected chi connectivity index (χ2v) is 10.3. The molecule has 0 amide bonds. The van der Waals surface area contributed by atoms with Crippen LogP contribution in [0.3, 0.4) is 0 Å². The molecular formula is C25H31BClN5O4. The molecule has 1 aliphatic heterocycles. The van der Waals surface area contributed by atoms with Crippen LogP contribution >= 0.6 is 11.6 Å². The van der Waals surface area contributed by atoms with Crippen LogP contribution in [0.15, 0.2) is 24.4 Å². The molecule has 1 aromatic carbocycles. The maximum Gasteiger partial charge on any atom is 0.494 e. The number of nitriles is 1. The van der Waals surface area contributed by atoms with Gasteiger partial charge in [-0.3, -0.25) is 0 Å². The molecule has 2 heterocycles. The van der Waals surface area contributed by atoms with Gasteiger partial charge in [0.1, 0.15) is 5.02 Å². The largest absolute Gasteiger partial charge is 0.494 e. The van der Waals surface area contributed by atoms with Gasteiger partial charge in [-0.05, 0) is 37.4 Å². The molecule has 1 aromatic heterocycles. The number of anilines is 3. The summed E-state index contributed by atoms with van der Waals surface area (Å²) in [6, 6.07) is 7.64. The molecule has 0 spiro atoms. The highest BCUT2D eigenvalue weighted by atomic mass is 35.5. The van der Waals surface area contributed by atoms with Gasteiger partial charge in [0.15, 0.2) is 5.82 Å². The number of aromatic nitrogens is 2. The summed E-state index contributed by atoms with van der Waals surface area (Å²) in [5.74, 6) is 0.221. The summed E-state index contributed by atoms with van der Waals surface area (Å²) in [6.45, 7) is 7.16. The lowest BCUT2D eigenvalue weighted by Crippen LogP contribution is -2.49. The van der Waals surface area contributed by atoms with Crippen molar-refractivity contribution in [3.05, 3.63) is 35.0 Å². The SMILES string of the molecule is CCOC(=O)c1cc(Nc2ncc(Cl)c(N[C@@H]3CCCC[C@H]3C#N)n2)ccc1B1OCC(C)(C)CO1. The van der Waals surface area contributed by atoms with Gasteiger partial charge in [0.25, 0.3) is 0 Å². The van der Waals surface area contributed by atoms with Gasteiger partial charge in [0, 0.05) is 30.4 Å². The van der Waals surface area contributed by atoms with Crippen LogP contribution in [0, 0.1) is 22.7 Å². The van der Waals surface area contributed by atoms with E-state index in [4.69, 9.17) is 25.6 Å². The summed E-state index contributed by atoms with van der Waals surface area (Å²) in [4.78, 5) is 21.6. The number of nitrogens with one attached hydrogen (secondary N) is 2. The Hall–Kier alpha value is -2.87. The molecule has 4 rings (SSSR count). The molecule has 2 N–H and O–H groups in total. The zero-order valence-electron chi connectivity index (χ0n) is 20.8. The molecule has 2 aromatic rings. The van der Waals surface area contributed by atoms with Crippen LogP contribution in [0.1, 0.15) is 56.8 Å². The van der Waals surface area contributed by atoms with Crippen LogP contribution in [0.2, 0.25) is 5.02 Å². The van der Waals surface area contributed by atoms with E-state index in [1.807, 2.05) is 6.07 Å². The molecule has 1 aliphatic carbocycles. The van der Waals surface area contributed by atoms with Gasteiger partial charge in [0.05, 0.1) is 30.4 Å². The van der Waals surface area contributed by atoms with Crippen LogP contribution in [0.25, 0.3) is 0 Å². The first-order valence-electron chi connectivity index (χ1n) is 12.3. The summed E-state index contributed by atoms with van der Waals surface area (Å²) >= 11 is 6.35. The van der Waals surface area contributed by atoms with Crippen LogP contribution in [-0.4, -0.2) is 48.9 Å². The average molecular weight is 512 g/mol. The lowest BCUT2D eigenvalue weighted by Gasteiger charge is -2.33. The molecule has 190 valence electrons. The van der Waals surface area contributed by atoms with Crippen LogP contribution in [-0.2, 0) is 14.0 Å². The van der Waals surface area contributed by atoms with E-state index in [2.05, 4.69) is 40.5 Å². The van der Waals surface area contributed by atoms with Crippen LogP contribution < -0.4 is 16.1 Å². The summed E-state index contributed by atoms with van der Waals surface area (Å²) in [5.41, 5.74) is 1.45. The number of ether oxygens (including phenoxy) is 1. The Balaban J connectivity index is 1.55. The highest BCUT2D eigenvalue weighted by Crippen LogP contribution is 2.30. The Kier molecular flexibility index (Phi) is 8.34. The Bertz CT molecular complexity index is 1130. The van der Waals surface area contributed by atoms with E-state index in [1.54, 1.807) is 19.1 Å². The Morgan fingerprint density at radius 3 is 2.78 bits per heavy atom. The fourth-order valence-corrected chi connectivity index (χ4v) is 4.53. The Labute approximate surface area is 217 Å². The maximum absolute atomic E-state index is 12.8. The normalized spacial score (nSPS) is 21.4. The minimum Gasteiger partial charge on any atom is -0.462 e. The van der Waals surface area contributed by atoms with Gasteiger partial charge < -0.3 is 24.7 Å². The van der Waals surface area contributed by atoms with E-state index in [0.29, 0.717) is 46.7 Å². The standard InChI is InChI=1S/C25H31BClN5O4/c1-4-34-23(33)18-11-17(9-10-19(18)26-35-14-25(2,3)15-36-26)30-24-29-13-20(27)22(32-24)31-21-8-6-5-7-16(21)12-28/h9-11,13,16,21H,4-8,14-15H2,1-3H3,(H2,29,30,31,32)/t16-,21+/m0/s1. The molecule has 11 heteroatoms. The second-order valence-electron chi connectivity index (χ2n) is 9.93. The third-order valence-corrected chi connectivity index (χ3v) is 6.58. The van der Waals surface area contributed by atoms with E-state index in [0.717, 1.165) is 25.7 Å². The zero-order chi connectivity index (χ0) is 25.7. The number of hydrogen-bond acceptors (Lipinski definition) is 9. The minimum atomic E-state index is -0.655. The van der Waals surface area contributed by atoms with E-state index < -0.39 is 13.1 Å². The van der Waals surface area contributed by atoms with E-state index in [9.17, 15) is 10.1 Å². The zero-order valence-corrected chi connectivity index (χ0v) is 21.6. The molecule has 2 atom stereocenters. The number of carbonyl (C=O) groups is 1. The molecule has 0 radical (unpaired) electrons. The predicted molar refractivity (Wildman–Crippen MR) is 139 cm³/mol. The van der Waals surface area contributed by atoms with Crippen molar-refractivity contribution >= 4 is 47.6 Å². The number of benzene rings is 1. The van der Waals surface area contributed by atoms with Crippen molar-refractivity contribution in [2.24, 2.45) is 11.3 Å². The topological polar surface area (TPSA) is 118 Å². The monoisotopic (exact) mass is 511 g/mol. The quantitative estimate of drug-likeness (QED) is 0.414. The first-order chi connectivity index (χ1) is 17.3. The molecule has 2 aliphatic rings. The average Bonchev–Trinajstić information content (AvgIpc) is 2.87. The third kappa shape index (κ3) is 6.27. The number of halogens is 1. The number of hydrogen-bond donors (Lipinski definition) is 2.